The average molecular weight is 337 g/mol. The summed E-state index contributed by atoms with van der Waals surface area (Å²) in [5, 5.41) is 2.78. The van der Waals surface area contributed by atoms with E-state index in [1.807, 2.05) is 63.2 Å². The van der Waals surface area contributed by atoms with E-state index in [1.165, 1.54) is 6.08 Å². The van der Waals surface area contributed by atoms with E-state index in [2.05, 4.69) is 5.32 Å². The van der Waals surface area contributed by atoms with Crippen molar-refractivity contribution in [2.24, 2.45) is 0 Å². The van der Waals surface area contributed by atoms with Crippen molar-refractivity contribution in [3.05, 3.63) is 70.8 Å². The zero-order chi connectivity index (χ0) is 18.4. The third kappa shape index (κ3) is 5.60. The second kappa shape index (κ2) is 8.29. The number of esters is 1. The van der Waals surface area contributed by atoms with E-state index < -0.39 is 12.1 Å². The number of carbonyl (C=O) groups excluding carboxylic acids is 2. The molecule has 4 heteroatoms. The minimum Gasteiger partial charge on any atom is -0.449 e. The van der Waals surface area contributed by atoms with Crippen LogP contribution in [0.5, 0.6) is 0 Å². The Morgan fingerprint density at radius 2 is 1.64 bits per heavy atom. The third-order valence-corrected chi connectivity index (χ3v) is 3.79. The Labute approximate surface area is 148 Å². The van der Waals surface area contributed by atoms with Crippen molar-refractivity contribution in [3.8, 4) is 0 Å². The molecule has 0 aliphatic carbocycles. The molecule has 0 aliphatic heterocycles. The van der Waals surface area contributed by atoms with Crippen LogP contribution in [0.1, 0.15) is 29.2 Å². The van der Waals surface area contributed by atoms with Crippen molar-refractivity contribution >= 4 is 23.6 Å². The molecule has 1 amide bonds. The number of amides is 1. The van der Waals surface area contributed by atoms with Gasteiger partial charge >= 0.3 is 5.97 Å². The van der Waals surface area contributed by atoms with Gasteiger partial charge in [0.1, 0.15) is 0 Å². The lowest BCUT2D eigenvalue weighted by atomic mass is 10.1. The Balaban J connectivity index is 1.91. The minimum atomic E-state index is -0.879. The predicted molar refractivity (Wildman–Crippen MR) is 100 cm³/mol. The Bertz CT molecular complexity index is 791. The zero-order valence-electron chi connectivity index (χ0n) is 15.0. The van der Waals surface area contributed by atoms with Crippen LogP contribution in [-0.4, -0.2) is 18.0 Å². The molecule has 1 atom stereocenters. The predicted octanol–water partition coefficient (Wildman–Crippen LogP) is 4.20. The maximum absolute atomic E-state index is 12.2. The molecule has 0 saturated carbocycles. The van der Waals surface area contributed by atoms with E-state index in [1.54, 1.807) is 13.0 Å². The van der Waals surface area contributed by atoms with Crippen LogP contribution >= 0.6 is 0 Å². The summed E-state index contributed by atoms with van der Waals surface area (Å²) in [5.41, 5.74) is 4.85. The Morgan fingerprint density at radius 3 is 2.28 bits per heavy atom. The fourth-order valence-corrected chi connectivity index (χ4v) is 2.30. The van der Waals surface area contributed by atoms with Gasteiger partial charge in [0.25, 0.3) is 5.91 Å². The fourth-order valence-electron chi connectivity index (χ4n) is 2.30. The molecule has 2 aromatic rings. The molecule has 130 valence electrons. The van der Waals surface area contributed by atoms with Crippen LogP contribution in [0, 0.1) is 20.8 Å². The lowest BCUT2D eigenvalue weighted by Crippen LogP contribution is -2.29. The topological polar surface area (TPSA) is 55.4 Å². The fraction of sp³-hybridized carbons (Fsp3) is 0.238. The molecule has 0 bridgehead atoms. The molecule has 0 spiro atoms. The zero-order valence-corrected chi connectivity index (χ0v) is 15.0. The van der Waals surface area contributed by atoms with Crippen LogP contribution in [0.4, 0.5) is 5.69 Å². The van der Waals surface area contributed by atoms with Crippen molar-refractivity contribution in [1.29, 1.82) is 0 Å². The molecule has 0 saturated heterocycles. The molecule has 2 aromatic carbocycles. The van der Waals surface area contributed by atoms with Crippen molar-refractivity contribution in [2.45, 2.75) is 33.8 Å². The number of rotatable bonds is 5. The molecule has 0 fully saturated rings. The molecule has 25 heavy (non-hydrogen) atoms. The van der Waals surface area contributed by atoms with Crippen molar-refractivity contribution < 1.29 is 14.3 Å². The van der Waals surface area contributed by atoms with E-state index in [0.717, 1.165) is 22.3 Å². The lowest BCUT2D eigenvalue weighted by Gasteiger charge is -2.14. The number of hydrogen-bond acceptors (Lipinski definition) is 3. The van der Waals surface area contributed by atoms with E-state index in [9.17, 15) is 9.59 Å². The second-order valence-electron chi connectivity index (χ2n) is 6.13. The summed E-state index contributed by atoms with van der Waals surface area (Å²) in [6, 6.07) is 13.5. The number of ether oxygens (including phenoxy) is 1. The molecular formula is C21H23NO3. The highest BCUT2D eigenvalue weighted by molar-refractivity contribution is 5.97. The first-order valence-corrected chi connectivity index (χ1v) is 8.18. The van der Waals surface area contributed by atoms with Gasteiger partial charge < -0.3 is 10.1 Å². The molecule has 0 aliphatic rings. The van der Waals surface area contributed by atoms with Gasteiger partial charge in [-0.05, 0) is 51.0 Å². The summed E-state index contributed by atoms with van der Waals surface area (Å²) in [4.78, 5) is 24.1. The Hall–Kier alpha value is -2.88. The van der Waals surface area contributed by atoms with Gasteiger partial charge in [0, 0.05) is 11.8 Å². The van der Waals surface area contributed by atoms with Gasteiger partial charge in [-0.3, -0.25) is 4.79 Å². The van der Waals surface area contributed by atoms with Gasteiger partial charge in [0.2, 0.25) is 0 Å². The highest BCUT2D eigenvalue weighted by Crippen LogP contribution is 2.16. The van der Waals surface area contributed by atoms with Crippen LogP contribution in [0.15, 0.2) is 48.5 Å². The summed E-state index contributed by atoms with van der Waals surface area (Å²) in [6.45, 7) is 7.46. The first-order valence-electron chi connectivity index (χ1n) is 8.18. The molecule has 0 aromatic heterocycles. The largest absolute Gasteiger partial charge is 0.449 e. The van der Waals surface area contributed by atoms with Gasteiger partial charge in [-0.2, -0.15) is 0 Å². The van der Waals surface area contributed by atoms with Crippen molar-refractivity contribution in [1.82, 2.24) is 0 Å². The molecular weight excluding hydrogens is 314 g/mol. The quantitative estimate of drug-likeness (QED) is 0.657. The molecule has 0 heterocycles. The maximum Gasteiger partial charge on any atom is 0.331 e. The number of nitrogens with one attached hydrogen (secondary N) is 1. The lowest BCUT2D eigenvalue weighted by molar-refractivity contribution is -0.148. The Morgan fingerprint density at radius 1 is 1.00 bits per heavy atom. The highest BCUT2D eigenvalue weighted by atomic mass is 16.5. The molecule has 0 unspecified atom stereocenters. The summed E-state index contributed by atoms with van der Waals surface area (Å²) in [6.07, 6.45) is 2.11. The highest BCUT2D eigenvalue weighted by Gasteiger charge is 2.17. The monoisotopic (exact) mass is 337 g/mol. The smallest absolute Gasteiger partial charge is 0.331 e. The first-order chi connectivity index (χ1) is 11.8. The number of carbonyl (C=O) groups is 2. The molecule has 4 nitrogen and oxygen atoms in total. The molecule has 1 N–H and O–H groups in total. The second-order valence-corrected chi connectivity index (χ2v) is 6.13. The normalized spacial score (nSPS) is 12.0. The molecule has 0 radical (unpaired) electrons. The van der Waals surface area contributed by atoms with Crippen LogP contribution in [0.2, 0.25) is 0 Å². The van der Waals surface area contributed by atoms with E-state index in [4.69, 9.17) is 4.74 Å². The maximum atomic E-state index is 12.2. The summed E-state index contributed by atoms with van der Waals surface area (Å²) >= 11 is 0. The van der Waals surface area contributed by atoms with Crippen LogP contribution < -0.4 is 5.32 Å². The SMILES string of the molecule is Cc1ccc(/C=C/C(=O)O[C@H](C)C(=O)Nc2ccc(C)cc2C)cc1. The van der Waals surface area contributed by atoms with Gasteiger partial charge in [-0.25, -0.2) is 4.79 Å². The number of hydrogen-bond donors (Lipinski definition) is 1. The number of anilines is 1. The van der Waals surface area contributed by atoms with Crippen molar-refractivity contribution in [2.75, 3.05) is 5.32 Å². The standard InChI is InChI=1S/C21H23NO3/c1-14-5-8-18(9-6-14)10-12-20(23)25-17(4)21(24)22-19-11-7-15(2)13-16(19)3/h5-13,17H,1-4H3,(H,22,24)/b12-10+/t17-/m1/s1. The minimum absolute atomic E-state index is 0.357. The summed E-state index contributed by atoms with van der Waals surface area (Å²) in [7, 11) is 0. The first kappa shape index (κ1) is 18.5. The van der Waals surface area contributed by atoms with Gasteiger partial charge in [-0.1, -0.05) is 47.5 Å². The van der Waals surface area contributed by atoms with Crippen molar-refractivity contribution in [3.63, 3.8) is 0 Å². The van der Waals surface area contributed by atoms with E-state index >= 15 is 0 Å². The average Bonchev–Trinajstić information content (AvgIpc) is 2.56. The van der Waals surface area contributed by atoms with Crippen LogP contribution in [-0.2, 0) is 14.3 Å². The third-order valence-electron chi connectivity index (χ3n) is 3.79. The van der Waals surface area contributed by atoms with Gasteiger partial charge in [0.15, 0.2) is 6.10 Å². The van der Waals surface area contributed by atoms with E-state index in [0.29, 0.717) is 5.69 Å². The summed E-state index contributed by atoms with van der Waals surface area (Å²) < 4.78 is 5.16. The Kier molecular flexibility index (Phi) is 6.12. The van der Waals surface area contributed by atoms with E-state index in [-0.39, 0.29) is 5.91 Å². The van der Waals surface area contributed by atoms with Crippen LogP contribution in [0.25, 0.3) is 6.08 Å². The number of aryl methyl sites for hydroxylation is 3. The van der Waals surface area contributed by atoms with Gasteiger partial charge in [-0.15, -0.1) is 0 Å². The molecule has 2 rings (SSSR count). The van der Waals surface area contributed by atoms with Crippen LogP contribution in [0.3, 0.4) is 0 Å². The number of benzene rings is 2. The summed E-state index contributed by atoms with van der Waals surface area (Å²) in [5.74, 6) is -0.909. The van der Waals surface area contributed by atoms with Gasteiger partial charge in [0.05, 0.1) is 0 Å².